The van der Waals surface area contributed by atoms with Gasteiger partial charge in [0.15, 0.2) is 0 Å². The number of aliphatic hydroxyl groups excluding tert-OH is 1. The van der Waals surface area contributed by atoms with Crippen molar-refractivity contribution in [3.63, 3.8) is 0 Å². The molecule has 2 aromatic rings. The number of aryl methyl sites for hydroxylation is 2. The molecule has 3 rings (SSSR count). The van der Waals surface area contributed by atoms with E-state index in [-0.39, 0.29) is 18.4 Å². The van der Waals surface area contributed by atoms with Crippen molar-refractivity contribution in [2.24, 2.45) is 0 Å². The molecule has 208 valence electrons. The molecule has 0 bridgehead atoms. The van der Waals surface area contributed by atoms with Gasteiger partial charge >= 0.3 is 5.97 Å². The Balaban J connectivity index is 1.77. The zero-order chi connectivity index (χ0) is 27.8. The molecule has 3 N–H and O–H groups in total. The molecule has 0 unspecified atom stereocenters. The molecule has 1 aliphatic carbocycles. The monoisotopic (exact) mass is 522 g/mol. The largest absolute Gasteiger partial charge is 0.491 e. The summed E-state index contributed by atoms with van der Waals surface area (Å²) in [6.45, 7) is 8.79. The van der Waals surface area contributed by atoms with Gasteiger partial charge in [-0.3, -0.25) is 4.79 Å². The van der Waals surface area contributed by atoms with Crippen molar-refractivity contribution in [1.29, 1.82) is 0 Å². The van der Waals surface area contributed by atoms with Gasteiger partial charge in [-0.15, -0.1) is 0 Å². The first-order valence-electron chi connectivity index (χ1n) is 14.3. The smallest absolute Gasteiger partial charge is 0.303 e. The molecular formula is C33H46O5. The SMILES string of the molecule is CCC(CC)(c1ccc(/C=C/C2(O)CCCCC2)c(C)c1)c1ccc(OC[C@@H](O)CCCC(=O)O)c(C)c1. The lowest BCUT2D eigenvalue weighted by Crippen LogP contribution is -2.28. The first kappa shape index (κ1) is 29.9. The maximum atomic E-state index is 10.9. The van der Waals surface area contributed by atoms with Gasteiger partial charge in [0.1, 0.15) is 12.4 Å². The average molecular weight is 523 g/mol. The Bertz CT molecular complexity index is 1090. The molecule has 0 saturated heterocycles. The van der Waals surface area contributed by atoms with Gasteiger partial charge in [0, 0.05) is 11.8 Å². The molecule has 0 heterocycles. The van der Waals surface area contributed by atoms with Crippen molar-refractivity contribution in [2.75, 3.05) is 6.61 Å². The fourth-order valence-electron chi connectivity index (χ4n) is 5.84. The highest BCUT2D eigenvalue weighted by Gasteiger charge is 2.31. The number of ether oxygens (including phenoxy) is 1. The number of carboxylic acids is 1. The van der Waals surface area contributed by atoms with Crippen molar-refractivity contribution in [3.05, 3.63) is 70.3 Å². The number of hydrogen-bond acceptors (Lipinski definition) is 4. The molecule has 2 aromatic carbocycles. The first-order chi connectivity index (χ1) is 18.1. The van der Waals surface area contributed by atoms with Crippen molar-refractivity contribution >= 4 is 12.0 Å². The van der Waals surface area contributed by atoms with E-state index in [1.54, 1.807) is 0 Å². The summed E-state index contributed by atoms with van der Waals surface area (Å²) in [5.74, 6) is -0.108. The van der Waals surface area contributed by atoms with Gasteiger partial charge in [-0.25, -0.2) is 0 Å². The standard InChI is InChI=1S/C33H46O5/c1-5-33(6-2,27-14-13-26(24(3)21-27)17-20-32(37)18-8-7-9-19-32)28-15-16-30(25(4)22-28)38-23-29(34)11-10-12-31(35)36/h13-17,20-22,29,34,37H,5-12,18-19,23H2,1-4H3,(H,35,36)/b20-17+/t29-/m0/s1. The van der Waals surface area contributed by atoms with Gasteiger partial charge in [0.25, 0.3) is 0 Å². The van der Waals surface area contributed by atoms with Crippen molar-refractivity contribution in [2.45, 2.75) is 109 Å². The van der Waals surface area contributed by atoms with Crippen LogP contribution in [0.4, 0.5) is 0 Å². The molecular weight excluding hydrogens is 476 g/mol. The van der Waals surface area contributed by atoms with E-state index < -0.39 is 17.7 Å². The average Bonchev–Trinajstić information content (AvgIpc) is 2.89. The third-order valence-corrected chi connectivity index (χ3v) is 8.41. The summed E-state index contributed by atoms with van der Waals surface area (Å²) in [6.07, 6.45) is 11.3. The van der Waals surface area contributed by atoms with Crippen LogP contribution in [0.15, 0.2) is 42.5 Å². The van der Waals surface area contributed by atoms with Crippen LogP contribution in [0.3, 0.4) is 0 Å². The molecule has 0 aromatic heterocycles. The highest BCUT2D eigenvalue weighted by molar-refractivity contribution is 5.66. The molecule has 0 amide bonds. The molecule has 1 atom stereocenters. The molecule has 5 heteroatoms. The minimum absolute atomic E-state index is 0.0554. The maximum absolute atomic E-state index is 10.9. The summed E-state index contributed by atoms with van der Waals surface area (Å²) in [7, 11) is 0. The highest BCUT2D eigenvalue weighted by atomic mass is 16.5. The molecule has 1 saturated carbocycles. The van der Waals surface area contributed by atoms with Gasteiger partial charge in [-0.05, 0) is 86.3 Å². The predicted molar refractivity (Wildman–Crippen MR) is 154 cm³/mol. The lowest BCUT2D eigenvalue weighted by molar-refractivity contribution is -0.137. The number of hydrogen-bond donors (Lipinski definition) is 3. The molecule has 0 aliphatic heterocycles. The van der Waals surface area contributed by atoms with Crippen molar-refractivity contribution < 1.29 is 24.9 Å². The fourth-order valence-corrected chi connectivity index (χ4v) is 5.84. The Morgan fingerprint density at radius 1 is 1.03 bits per heavy atom. The van der Waals surface area contributed by atoms with Crippen LogP contribution < -0.4 is 4.74 Å². The minimum Gasteiger partial charge on any atom is -0.491 e. The number of aliphatic hydroxyl groups is 2. The van der Waals surface area contributed by atoms with E-state index in [0.717, 1.165) is 55.4 Å². The molecule has 38 heavy (non-hydrogen) atoms. The number of rotatable bonds is 13. The Hall–Kier alpha value is -2.63. The second-order valence-electron chi connectivity index (χ2n) is 11.1. The van der Waals surface area contributed by atoms with E-state index in [2.05, 4.69) is 57.2 Å². The summed E-state index contributed by atoms with van der Waals surface area (Å²) in [5.41, 5.74) is 5.10. The number of carbonyl (C=O) groups is 1. The normalized spacial score (nSPS) is 16.5. The molecule has 1 fully saturated rings. The number of carboxylic acid groups (broad SMARTS) is 1. The van der Waals surface area contributed by atoms with Crippen LogP contribution in [0.5, 0.6) is 5.75 Å². The zero-order valence-electron chi connectivity index (χ0n) is 23.6. The summed E-state index contributed by atoms with van der Waals surface area (Å²) in [6, 6.07) is 13.0. The number of aliphatic carboxylic acids is 1. The van der Waals surface area contributed by atoms with Crippen LogP contribution in [0.25, 0.3) is 6.08 Å². The van der Waals surface area contributed by atoms with Crippen molar-refractivity contribution in [3.8, 4) is 5.75 Å². The van der Waals surface area contributed by atoms with E-state index >= 15 is 0 Å². The lowest BCUT2D eigenvalue weighted by Gasteiger charge is -2.34. The van der Waals surface area contributed by atoms with E-state index in [1.807, 2.05) is 19.1 Å². The topological polar surface area (TPSA) is 87.0 Å². The second kappa shape index (κ2) is 13.4. The van der Waals surface area contributed by atoms with E-state index in [1.165, 1.54) is 23.1 Å². The summed E-state index contributed by atoms with van der Waals surface area (Å²) in [4.78, 5) is 10.7. The Morgan fingerprint density at radius 3 is 2.24 bits per heavy atom. The zero-order valence-corrected chi connectivity index (χ0v) is 23.6. The van der Waals surface area contributed by atoms with Gasteiger partial charge in [-0.1, -0.05) is 75.6 Å². The van der Waals surface area contributed by atoms with Crippen LogP contribution in [-0.4, -0.2) is 39.6 Å². The van der Waals surface area contributed by atoms with Gasteiger partial charge in [0.2, 0.25) is 0 Å². The summed E-state index contributed by atoms with van der Waals surface area (Å²) >= 11 is 0. The Kier molecular flexibility index (Phi) is 10.6. The van der Waals surface area contributed by atoms with Crippen LogP contribution >= 0.6 is 0 Å². The van der Waals surface area contributed by atoms with Crippen LogP contribution in [0.1, 0.15) is 106 Å². The molecule has 0 spiro atoms. The van der Waals surface area contributed by atoms with Gasteiger partial charge < -0.3 is 20.1 Å². The Labute approximate surface area is 228 Å². The van der Waals surface area contributed by atoms with Crippen LogP contribution in [0, 0.1) is 13.8 Å². The molecule has 5 nitrogen and oxygen atoms in total. The molecule has 0 radical (unpaired) electrons. The Morgan fingerprint density at radius 2 is 1.66 bits per heavy atom. The quantitative estimate of drug-likeness (QED) is 0.261. The van der Waals surface area contributed by atoms with E-state index in [4.69, 9.17) is 9.84 Å². The van der Waals surface area contributed by atoms with Crippen molar-refractivity contribution in [1.82, 2.24) is 0 Å². The fraction of sp³-hybridized carbons (Fsp3) is 0.545. The first-order valence-corrected chi connectivity index (χ1v) is 14.3. The van der Waals surface area contributed by atoms with E-state index in [9.17, 15) is 15.0 Å². The second-order valence-corrected chi connectivity index (χ2v) is 11.1. The lowest BCUT2D eigenvalue weighted by atomic mass is 9.70. The predicted octanol–water partition coefficient (Wildman–Crippen LogP) is 7.11. The van der Waals surface area contributed by atoms with Crippen LogP contribution in [-0.2, 0) is 10.2 Å². The van der Waals surface area contributed by atoms with E-state index in [0.29, 0.717) is 12.8 Å². The third kappa shape index (κ3) is 7.48. The van der Waals surface area contributed by atoms with Gasteiger partial charge in [-0.2, -0.15) is 0 Å². The third-order valence-electron chi connectivity index (χ3n) is 8.41. The summed E-state index contributed by atoms with van der Waals surface area (Å²) in [5, 5.41) is 29.8. The van der Waals surface area contributed by atoms with Crippen LogP contribution in [0.2, 0.25) is 0 Å². The van der Waals surface area contributed by atoms with Gasteiger partial charge in [0.05, 0.1) is 11.7 Å². The minimum atomic E-state index is -0.848. The number of benzene rings is 2. The summed E-state index contributed by atoms with van der Waals surface area (Å²) < 4.78 is 5.89. The maximum Gasteiger partial charge on any atom is 0.303 e. The highest BCUT2D eigenvalue weighted by Crippen LogP contribution is 2.41. The molecule has 1 aliphatic rings.